The normalized spacial score (nSPS) is 20.1. The summed E-state index contributed by atoms with van der Waals surface area (Å²) < 4.78 is 17.3. The standard InChI is InChI=1S/C16H21NO4S/c1-16(2,3)21-15(19)12-9-10-14(18)17(12)11-7-5-6-8-13(11)22(4)20/h5-8,12H,9-10H2,1-4H3. The Balaban J connectivity index is 2.37. The van der Waals surface area contributed by atoms with Gasteiger partial charge in [0, 0.05) is 12.7 Å². The van der Waals surface area contributed by atoms with Crippen molar-refractivity contribution in [2.45, 2.75) is 50.2 Å². The van der Waals surface area contributed by atoms with E-state index >= 15 is 0 Å². The van der Waals surface area contributed by atoms with E-state index in [0.717, 1.165) is 0 Å². The van der Waals surface area contributed by atoms with E-state index in [2.05, 4.69) is 0 Å². The highest BCUT2D eigenvalue weighted by molar-refractivity contribution is 7.84. The van der Waals surface area contributed by atoms with Crippen LogP contribution in [-0.2, 0) is 25.1 Å². The summed E-state index contributed by atoms with van der Waals surface area (Å²) in [4.78, 5) is 26.6. The number of nitrogens with zero attached hydrogens (tertiary/aromatic N) is 1. The number of amides is 1. The molecule has 1 saturated heterocycles. The Morgan fingerprint density at radius 3 is 2.55 bits per heavy atom. The maximum Gasteiger partial charge on any atom is 0.329 e. The van der Waals surface area contributed by atoms with Crippen LogP contribution in [0, 0.1) is 0 Å². The van der Waals surface area contributed by atoms with Crippen molar-refractivity contribution in [3.63, 3.8) is 0 Å². The summed E-state index contributed by atoms with van der Waals surface area (Å²) in [5.41, 5.74) is -0.0803. The summed E-state index contributed by atoms with van der Waals surface area (Å²) in [5, 5.41) is 0. The molecule has 0 bridgehead atoms. The number of anilines is 1. The molecule has 0 aliphatic carbocycles. The van der Waals surface area contributed by atoms with Gasteiger partial charge in [0.1, 0.15) is 11.6 Å². The van der Waals surface area contributed by atoms with Crippen molar-refractivity contribution in [2.75, 3.05) is 11.2 Å². The van der Waals surface area contributed by atoms with Gasteiger partial charge in [-0.2, -0.15) is 0 Å². The summed E-state index contributed by atoms with van der Waals surface area (Å²) in [6.45, 7) is 5.38. The van der Waals surface area contributed by atoms with Gasteiger partial charge in [-0.15, -0.1) is 0 Å². The highest BCUT2D eigenvalue weighted by Crippen LogP contribution is 2.32. The second kappa shape index (κ2) is 6.20. The number of carbonyl (C=O) groups is 2. The molecule has 0 radical (unpaired) electrons. The number of benzene rings is 1. The van der Waals surface area contributed by atoms with E-state index in [1.807, 2.05) is 0 Å². The van der Waals surface area contributed by atoms with Gasteiger partial charge >= 0.3 is 5.97 Å². The molecule has 1 amide bonds. The lowest BCUT2D eigenvalue weighted by atomic mass is 10.1. The second-order valence-corrected chi connectivity index (χ2v) is 7.62. The minimum atomic E-state index is -1.24. The molecule has 2 atom stereocenters. The van der Waals surface area contributed by atoms with E-state index in [1.54, 1.807) is 51.3 Å². The van der Waals surface area contributed by atoms with Crippen LogP contribution in [0.25, 0.3) is 0 Å². The zero-order valence-electron chi connectivity index (χ0n) is 13.3. The molecule has 120 valence electrons. The molecule has 1 heterocycles. The first-order chi connectivity index (χ1) is 10.2. The summed E-state index contributed by atoms with van der Waals surface area (Å²) in [6.07, 6.45) is 2.26. The van der Waals surface area contributed by atoms with Gasteiger partial charge in [0.25, 0.3) is 0 Å². The molecular formula is C16H21NO4S. The molecule has 1 aromatic rings. The number of para-hydroxylation sites is 1. The van der Waals surface area contributed by atoms with Crippen LogP contribution in [-0.4, -0.2) is 34.0 Å². The predicted molar refractivity (Wildman–Crippen MR) is 85.1 cm³/mol. The molecule has 5 nitrogen and oxygen atoms in total. The first-order valence-corrected chi connectivity index (χ1v) is 8.74. The smallest absolute Gasteiger partial charge is 0.329 e. The van der Waals surface area contributed by atoms with Crippen LogP contribution in [0.1, 0.15) is 33.6 Å². The number of hydrogen-bond donors (Lipinski definition) is 0. The van der Waals surface area contributed by atoms with Crippen molar-refractivity contribution < 1.29 is 18.5 Å². The molecular weight excluding hydrogens is 302 g/mol. The van der Waals surface area contributed by atoms with Crippen molar-refractivity contribution in [1.29, 1.82) is 0 Å². The van der Waals surface area contributed by atoms with Crippen LogP contribution in [0.4, 0.5) is 5.69 Å². The van der Waals surface area contributed by atoms with Gasteiger partial charge < -0.3 is 4.74 Å². The predicted octanol–water partition coefficient (Wildman–Crippen LogP) is 2.26. The fourth-order valence-corrected chi connectivity index (χ4v) is 3.21. The third kappa shape index (κ3) is 3.55. The summed E-state index contributed by atoms with van der Waals surface area (Å²) >= 11 is 0. The Kier molecular flexibility index (Phi) is 4.70. The fraction of sp³-hybridized carbons (Fsp3) is 0.500. The number of carbonyl (C=O) groups excluding carboxylic acids is 2. The molecule has 1 aromatic carbocycles. The number of ether oxygens (including phenoxy) is 1. The van der Waals surface area contributed by atoms with Gasteiger partial charge in [-0.05, 0) is 39.3 Å². The monoisotopic (exact) mass is 323 g/mol. The Morgan fingerprint density at radius 1 is 1.32 bits per heavy atom. The molecule has 1 aliphatic heterocycles. The van der Waals surface area contributed by atoms with Gasteiger partial charge in [0.15, 0.2) is 0 Å². The van der Waals surface area contributed by atoms with Gasteiger partial charge in [0.05, 0.1) is 21.4 Å². The minimum Gasteiger partial charge on any atom is -0.458 e. The topological polar surface area (TPSA) is 63.7 Å². The van der Waals surface area contributed by atoms with Crippen LogP contribution in [0.3, 0.4) is 0 Å². The van der Waals surface area contributed by atoms with Crippen LogP contribution >= 0.6 is 0 Å². The third-order valence-electron chi connectivity index (χ3n) is 3.33. The summed E-state index contributed by atoms with van der Waals surface area (Å²) in [7, 11) is -1.24. The van der Waals surface area contributed by atoms with Crippen LogP contribution in [0.5, 0.6) is 0 Å². The highest BCUT2D eigenvalue weighted by Gasteiger charge is 2.40. The zero-order valence-corrected chi connectivity index (χ0v) is 14.1. The summed E-state index contributed by atoms with van der Waals surface area (Å²) in [5.74, 6) is -0.566. The van der Waals surface area contributed by atoms with Crippen LogP contribution < -0.4 is 4.90 Å². The third-order valence-corrected chi connectivity index (χ3v) is 4.29. The number of hydrogen-bond acceptors (Lipinski definition) is 4. The molecule has 1 fully saturated rings. The van der Waals surface area contributed by atoms with Crippen LogP contribution in [0.15, 0.2) is 29.2 Å². The quantitative estimate of drug-likeness (QED) is 0.801. The SMILES string of the molecule is CS(=O)c1ccccc1N1C(=O)CCC1C(=O)OC(C)(C)C. The van der Waals surface area contributed by atoms with Crippen molar-refractivity contribution in [3.05, 3.63) is 24.3 Å². The Bertz CT molecular complexity index is 621. The molecule has 0 N–H and O–H groups in total. The first-order valence-electron chi connectivity index (χ1n) is 7.18. The Hall–Kier alpha value is -1.69. The van der Waals surface area contributed by atoms with E-state index in [1.165, 1.54) is 4.90 Å². The van der Waals surface area contributed by atoms with Crippen molar-refractivity contribution in [1.82, 2.24) is 0 Å². The van der Waals surface area contributed by atoms with Gasteiger partial charge in [0.2, 0.25) is 5.91 Å². The average molecular weight is 323 g/mol. The Morgan fingerprint density at radius 2 is 1.95 bits per heavy atom. The van der Waals surface area contributed by atoms with Crippen molar-refractivity contribution in [2.24, 2.45) is 0 Å². The zero-order chi connectivity index (χ0) is 16.5. The van der Waals surface area contributed by atoms with Gasteiger partial charge in [-0.1, -0.05) is 12.1 Å². The number of rotatable bonds is 3. The maximum absolute atomic E-state index is 12.4. The first kappa shape index (κ1) is 16.7. The fourth-order valence-electron chi connectivity index (χ4n) is 2.48. The largest absolute Gasteiger partial charge is 0.458 e. The van der Waals surface area contributed by atoms with Gasteiger partial charge in [-0.25, -0.2) is 4.79 Å². The number of esters is 1. The molecule has 0 saturated carbocycles. The van der Waals surface area contributed by atoms with Crippen molar-refractivity contribution in [3.8, 4) is 0 Å². The molecule has 2 rings (SSSR count). The maximum atomic E-state index is 12.4. The summed E-state index contributed by atoms with van der Waals surface area (Å²) in [6, 6.07) is 6.31. The van der Waals surface area contributed by atoms with Crippen molar-refractivity contribution >= 4 is 28.4 Å². The molecule has 22 heavy (non-hydrogen) atoms. The lowest BCUT2D eigenvalue weighted by Gasteiger charge is -2.28. The second-order valence-electron chi connectivity index (χ2n) is 6.27. The molecule has 1 aliphatic rings. The Labute approximate surface area is 133 Å². The molecule has 2 unspecified atom stereocenters. The van der Waals surface area contributed by atoms with E-state index in [0.29, 0.717) is 17.0 Å². The van der Waals surface area contributed by atoms with Crippen LogP contribution in [0.2, 0.25) is 0 Å². The molecule has 0 aromatic heterocycles. The van der Waals surface area contributed by atoms with E-state index in [4.69, 9.17) is 4.74 Å². The highest BCUT2D eigenvalue weighted by atomic mass is 32.2. The minimum absolute atomic E-state index is 0.145. The van der Waals surface area contributed by atoms with E-state index in [-0.39, 0.29) is 12.3 Å². The molecule has 0 spiro atoms. The lowest BCUT2D eigenvalue weighted by Crippen LogP contribution is -2.42. The van der Waals surface area contributed by atoms with E-state index in [9.17, 15) is 13.8 Å². The van der Waals surface area contributed by atoms with E-state index < -0.39 is 28.4 Å². The molecule has 6 heteroatoms. The average Bonchev–Trinajstić information content (AvgIpc) is 2.78. The lowest BCUT2D eigenvalue weighted by molar-refractivity contribution is -0.156. The van der Waals surface area contributed by atoms with Gasteiger partial charge in [-0.3, -0.25) is 13.9 Å².